The molecule has 0 spiro atoms. The van der Waals surface area contributed by atoms with Gasteiger partial charge in [-0.3, -0.25) is 0 Å². The van der Waals surface area contributed by atoms with Gasteiger partial charge >= 0.3 is 0 Å². The van der Waals surface area contributed by atoms with Gasteiger partial charge in [0.2, 0.25) is 0 Å². The first-order valence-electron chi connectivity index (χ1n) is 5.22. The SMILES string of the molecule is COc1c(C)ccc(Cl)c1CCCCN. The van der Waals surface area contributed by atoms with Crippen molar-refractivity contribution in [1.29, 1.82) is 0 Å². The number of benzene rings is 1. The van der Waals surface area contributed by atoms with Crippen LogP contribution in [0.1, 0.15) is 24.0 Å². The van der Waals surface area contributed by atoms with Crippen LogP contribution in [0.15, 0.2) is 12.1 Å². The fourth-order valence-electron chi connectivity index (χ4n) is 1.68. The third-order valence-corrected chi connectivity index (χ3v) is 2.84. The number of hydrogen-bond donors (Lipinski definition) is 1. The Morgan fingerprint density at radius 3 is 2.67 bits per heavy atom. The van der Waals surface area contributed by atoms with Crippen LogP contribution in [0.4, 0.5) is 0 Å². The van der Waals surface area contributed by atoms with Gasteiger partial charge in [-0.2, -0.15) is 0 Å². The van der Waals surface area contributed by atoms with Gasteiger partial charge in [-0.05, 0) is 44.4 Å². The van der Waals surface area contributed by atoms with Gasteiger partial charge < -0.3 is 10.5 Å². The molecule has 1 aromatic rings. The summed E-state index contributed by atoms with van der Waals surface area (Å²) in [4.78, 5) is 0. The van der Waals surface area contributed by atoms with Gasteiger partial charge in [-0.15, -0.1) is 0 Å². The quantitative estimate of drug-likeness (QED) is 0.785. The predicted octanol–water partition coefficient (Wildman–Crippen LogP) is 2.94. The van der Waals surface area contributed by atoms with Crippen LogP contribution in [0.5, 0.6) is 5.75 Å². The average Bonchev–Trinajstić information content (AvgIpc) is 2.23. The molecular formula is C12H18ClNO. The van der Waals surface area contributed by atoms with Gasteiger partial charge in [-0.1, -0.05) is 17.7 Å². The van der Waals surface area contributed by atoms with Gasteiger partial charge in [-0.25, -0.2) is 0 Å². The van der Waals surface area contributed by atoms with Crippen LogP contribution in [0.2, 0.25) is 5.02 Å². The maximum Gasteiger partial charge on any atom is 0.126 e. The highest BCUT2D eigenvalue weighted by molar-refractivity contribution is 6.31. The number of nitrogens with two attached hydrogens (primary N) is 1. The second-order valence-corrected chi connectivity index (χ2v) is 4.03. The molecule has 15 heavy (non-hydrogen) atoms. The van der Waals surface area contributed by atoms with Crippen LogP contribution < -0.4 is 10.5 Å². The molecule has 0 saturated carbocycles. The molecule has 2 nitrogen and oxygen atoms in total. The van der Waals surface area contributed by atoms with Crippen LogP contribution in [0, 0.1) is 6.92 Å². The summed E-state index contributed by atoms with van der Waals surface area (Å²) >= 11 is 6.15. The van der Waals surface area contributed by atoms with E-state index in [1.807, 2.05) is 19.1 Å². The van der Waals surface area contributed by atoms with Crippen molar-refractivity contribution in [2.45, 2.75) is 26.2 Å². The Morgan fingerprint density at radius 1 is 1.33 bits per heavy atom. The number of methoxy groups -OCH3 is 1. The number of aryl methyl sites for hydroxylation is 1. The first kappa shape index (κ1) is 12.3. The van der Waals surface area contributed by atoms with Crippen molar-refractivity contribution in [3.8, 4) is 5.75 Å². The van der Waals surface area contributed by atoms with Gasteiger partial charge in [0.05, 0.1) is 7.11 Å². The van der Waals surface area contributed by atoms with E-state index in [2.05, 4.69) is 0 Å². The lowest BCUT2D eigenvalue weighted by Crippen LogP contribution is -2.01. The van der Waals surface area contributed by atoms with E-state index in [4.69, 9.17) is 22.1 Å². The van der Waals surface area contributed by atoms with Crippen LogP contribution in [-0.2, 0) is 6.42 Å². The molecule has 0 atom stereocenters. The summed E-state index contributed by atoms with van der Waals surface area (Å²) < 4.78 is 5.37. The van der Waals surface area contributed by atoms with Crippen molar-refractivity contribution < 1.29 is 4.74 Å². The van der Waals surface area contributed by atoms with Crippen LogP contribution in [0.3, 0.4) is 0 Å². The Kier molecular flexibility index (Phi) is 4.92. The molecule has 0 radical (unpaired) electrons. The average molecular weight is 228 g/mol. The summed E-state index contributed by atoms with van der Waals surface area (Å²) in [5, 5.41) is 0.787. The van der Waals surface area contributed by atoms with E-state index in [1.165, 1.54) is 0 Å². The zero-order valence-corrected chi connectivity index (χ0v) is 10.1. The number of rotatable bonds is 5. The van der Waals surface area contributed by atoms with E-state index in [-0.39, 0.29) is 0 Å². The molecule has 0 aromatic heterocycles. The van der Waals surface area contributed by atoms with E-state index in [9.17, 15) is 0 Å². The summed E-state index contributed by atoms with van der Waals surface area (Å²) in [5.74, 6) is 0.916. The van der Waals surface area contributed by atoms with Crippen molar-refractivity contribution in [3.63, 3.8) is 0 Å². The van der Waals surface area contributed by atoms with E-state index >= 15 is 0 Å². The summed E-state index contributed by atoms with van der Waals surface area (Å²) in [6.45, 7) is 2.76. The summed E-state index contributed by atoms with van der Waals surface area (Å²) in [6, 6.07) is 3.91. The lowest BCUT2D eigenvalue weighted by molar-refractivity contribution is 0.406. The lowest BCUT2D eigenvalue weighted by atomic mass is 10.0. The predicted molar refractivity (Wildman–Crippen MR) is 64.7 cm³/mol. The van der Waals surface area contributed by atoms with Crippen molar-refractivity contribution in [1.82, 2.24) is 0 Å². The largest absolute Gasteiger partial charge is 0.496 e. The smallest absolute Gasteiger partial charge is 0.126 e. The zero-order valence-electron chi connectivity index (χ0n) is 9.35. The summed E-state index contributed by atoms with van der Waals surface area (Å²) in [7, 11) is 1.69. The summed E-state index contributed by atoms with van der Waals surface area (Å²) in [6.07, 6.45) is 3.00. The molecule has 0 aliphatic rings. The maximum atomic E-state index is 6.15. The fraction of sp³-hybridized carbons (Fsp3) is 0.500. The molecule has 0 heterocycles. The monoisotopic (exact) mass is 227 g/mol. The van der Waals surface area contributed by atoms with E-state index < -0.39 is 0 Å². The first-order valence-corrected chi connectivity index (χ1v) is 5.60. The van der Waals surface area contributed by atoms with Crippen LogP contribution in [0.25, 0.3) is 0 Å². The third-order valence-electron chi connectivity index (χ3n) is 2.49. The molecule has 0 fully saturated rings. The Hall–Kier alpha value is -0.730. The molecule has 0 saturated heterocycles. The minimum atomic E-state index is 0.728. The van der Waals surface area contributed by atoms with E-state index in [0.29, 0.717) is 0 Å². The Morgan fingerprint density at radius 2 is 2.07 bits per heavy atom. The number of hydrogen-bond acceptors (Lipinski definition) is 2. The topological polar surface area (TPSA) is 35.2 Å². The maximum absolute atomic E-state index is 6.15. The number of ether oxygens (including phenoxy) is 1. The van der Waals surface area contributed by atoms with E-state index in [0.717, 1.165) is 47.7 Å². The van der Waals surface area contributed by atoms with Crippen molar-refractivity contribution in [3.05, 3.63) is 28.3 Å². The second kappa shape index (κ2) is 5.99. The molecule has 84 valence electrons. The highest BCUT2D eigenvalue weighted by Crippen LogP contribution is 2.31. The van der Waals surface area contributed by atoms with Crippen molar-refractivity contribution in [2.75, 3.05) is 13.7 Å². The van der Waals surface area contributed by atoms with Gasteiger partial charge in [0, 0.05) is 10.6 Å². The zero-order chi connectivity index (χ0) is 11.3. The Labute approximate surface area is 96.4 Å². The first-order chi connectivity index (χ1) is 7.20. The van der Waals surface area contributed by atoms with Crippen LogP contribution >= 0.6 is 11.6 Å². The fourth-order valence-corrected chi connectivity index (χ4v) is 1.93. The van der Waals surface area contributed by atoms with Crippen molar-refractivity contribution >= 4 is 11.6 Å². The van der Waals surface area contributed by atoms with Crippen molar-refractivity contribution in [2.24, 2.45) is 5.73 Å². The van der Waals surface area contributed by atoms with Gasteiger partial charge in [0.1, 0.15) is 5.75 Å². The molecule has 1 aromatic carbocycles. The summed E-state index contributed by atoms with van der Waals surface area (Å²) in [5.41, 5.74) is 7.70. The Balaban J connectivity index is 2.87. The molecule has 2 N–H and O–H groups in total. The molecule has 0 unspecified atom stereocenters. The van der Waals surface area contributed by atoms with Gasteiger partial charge in [0.15, 0.2) is 0 Å². The molecule has 3 heteroatoms. The third kappa shape index (κ3) is 3.11. The molecule has 0 aliphatic carbocycles. The second-order valence-electron chi connectivity index (χ2n) is 3.62. The molecule has 0 bridgehead atoms. The highest BCUT2D eigenvalue weighted by Gasteiger charge is 2.09. The number of halogens is 1. The number of unbranched alkanes of at least 4 members (excludes halogenated alkanes) is 1. The van der Waals surface area contributed by atoms with Crippen LogP contribution in [-0.4, -0.2) is 13.7 Å². The molecule has 0 aliphatic heterocycles. The lowest BCUT2D eigenvalue weighted by Gasteiger charge is -2.12. The highest BCUT2D eigenvalue weighted by atomic mass is 35.5. The normalized spacial score (nSPS) is 10.4. The molecule has 0 amide bonds. The standard InChI is InChI=1S/C12H18ClNO/c1-9-6-7-11(13)10(12(9)15-2)5-3-4-8-14/h6-7H,3-5,8,14H2,1-2H3. The Bertz CT molecular complexity index is 326. The van der Waals surface area contributed by atoms with Gasteiger partial charge in [0.25, 0.3) is 0 Å². The minimum Gasteiger partial charge on any atom is -0.496 e. The minimum absolute atomic E-state index is 0.728. The van der Waals surface area contributed by atoms with E-state index in [1.54, 1.807) is 7.11 Å². The molecular weight excluding hydrogens is 210 g/mol. The molecule has 1 rings (SSSR count).